The average molecular weight is 235 g/mol. The Bertz CT molecular complexity index is 504. The molecule has 0 saturated heterocycles. The van der Waals surface area contributed by atoms with Crippen molar-refractivity contribution in [3.63, 3.8) is 0 Å². The lowest BCUT2D eigenvalue weighted by molar-refractivity contribution is 0.635. The Kier molecular flexibility index (Phi) is 3.10. The number of hydrogen-bond donors (Lipinski definition) is 3. The molecule has 2 aromatic heterocycles. The van der Waals surface area contributed by atoms with Gasteiger partial charge >= 0.3 is 0 Å². The minimum Gasteiger partial charge on any atom is -0.359 e. The summed E-state index contributed by atoms with van der Waals surface area (Å²) >= 11 is 0. The number of hydrogen-bond acceptors (Lipinski definition) is 6. The van der Waals surface area contributed by atoms with E-state index in [1.807, 2.05) is 7.05 Å². The molecule has 0 aliphatic carbocycles. The minimum atomic E-state index is 0.382. The molecule has 0 fully saturated rings. The number of nitrogen functional groups attached to an aromatic ring is 1. The first kappa shape index (κ1) is 11.6. The quantitative estimate of drug-likeness (QED) is 0.534. The lowest BCUT2D eigenvalue weighted by atomic mass is 10.2. The van der Waals surface area contributed by atoms with Crippen LogP contribution in [-0.2, 0) is 0 Å². The molecule has 0 amide bonds. The van der Waals surface area contributed by atoms with Crippen LogP contribution in [0.1, 0.15) is 13.8 Å². The molecule has 7 heteroatoms. The van der Waals surface area contributed by atoms with Crippen LogP contribution in [0.5, 0.6) is 0 Å². The molecule has 0 spiro atoms. The molecule has 7 nitrogen and oxygen atoms in total. The summed E-state index contributed by atoms with van der Waals surface area (Å²) in [6.45, 7) is 5.22. The minimum absolute atomic E-state index is 0.382. The second-order valence-corrected chi connectivity index (χ2v) is 4.42. The summed E-state index contributed by atoms with van der Waals surface area (Å²) in [4.78, 5) is 10.6. The van der Waals surface area contributed by atoms with E-state index in [4.69, 9.17) is 5.84 Å². The van der Waals surface area contributed by atoms with E-state index >= 15 is 0 Å². The van der Waals surface area contributed by atoms with Gasteiger partial charge in [0.2, 0.25) is 5.95 Å². The van der Waals surface area contributed by atoms with Gasteiger partial charge in [-0.15, -0.1) is 0 Å². The number of hydrazine groups is 1. The van der Waals surface area contributed by atoms with Crippen molar-refractivity contribution in [1.82, 2.24) is 20.2 Å². The Hall–Kier alpha value is -1.89. The van der Waals surface area contributed by atoms with Gasteiger partial charge in [-0.05, 0) is 5.92 Å². The van der Waals surface area contributed by atoms with Crippen LogP contribution < -0.4 is 16.2 Å². The van der Waals surface area contributed by atoms with Crippen LogP contribution >= 0.6 is 0 Å². The van der Waals surface area contributed by atoms with Crippen LogP contribution in [0.3, 0.4) is 0 Å². The Balaban J connectivity index is 2.46. The summed E-state index contributed by atoms with van der Waals surface area (Å²) < 4.78 is 0. The Morgan fingerprint density at radius 2 is 2.24 bits per heavy atom. The molecule has 0 bridgehead atoms. The van der Waals surface area contributed by atoms with Gasteiger partial charge in [-0.2, -0.15) is 15.1 Å². The zero-order chi connectivity index (χ0) is 12.4. The monoisotopic (exact) mass is 235 g/mol. The summed E-state index contributed by atoms with van der Waals surface area (Å²) in [6.07, 6.45) is 1.72. The second kappa shape index (κ2) is 4.54. The number of anilines is 2. The highest BCUT2D eigenvalue weighted by atomic mass is 15.3. The summed E-state index contributed by atoms with van der Waals surface area (Å²) in [5, 5.41) is 7.69. The van der Waals surface area contributed by atoms with Crippen LogP contribution in [0.15, 0.2) is 6.20 Å². The fraction of sp³-hybridized carbons (Fsp3) is 0.500. The van der Waals surface area contributed by atoms with E-state index in [0.29, 0.717) is 17.5 Å². The van der Waals surface area contributed by atoms with Gasteiger partial charge in [-0.1, -0.05) is 13.8 Å². The van der Waals surface area contributed by atoms with E-state index in [9.17, 15) is 0 Å². The molecule has 0 aromatic carbocycles. The number of aromatic nitrogens is 4. The van der Waals surface area contributed by atoms with Crippen molar-refractivity contribution in [1.29, 1.82) is 0 Å². The van der Waals surface area contributed by atoms with E-state index in [2.05, 4.69) is 44.3 Å². The first-order chi connectivity index (χ1) is 8.11. The molecular weight excluding hydrogens is 218 g/mol. The molecule has 0 saturated carbocycles. The fourth-order valence-corrected chi connectivity index (χ4v) is 1.81. The van der Waals surface area contributed by atoms with Gasteiger partial charge in [-0.25, -0.2) is 5.84 Å². The predicted molar refractivity (Wildman–Crippen MR) is 67.6 cm³/mol. The normalized spacial score (nSPS) is 11.1. The zero-order valence-corrected chi connectivity index (χ0v) is 10.2. The van der Waals surface area contributed by atoms with E-state index in [-0.39, 0.29) is 0 Å². The van der Waals surface area contributed by atoms with Crippen LogP contribution in [0.2, 0.25) is 0 Å². The molecule has 0 aliphatic rings. The lowest BCUT2D eigenvalue weighted by Crippen LogP contribution is -2.24. The van der Waals surface area contributed by atoms with Crippen molar-refractivity contribution >= 4 is 22.8 Å². The standard InChI is InChI=1S/C10H17N7/c1-6(2)5-17(3)9-7-4-12-16-8(7)13-10(14-9)15-11/h4,6H,5,11H2,1-3H3,(H2,12,13,14,15,16). The summed E-state index contributed by atoms with van der Waals surface area (Å²) in [5.74, 6) is 7.11. The zero-order valence-electron chi connectivity index (χ0n) is 10.2. The number of H-pyrrole nitrogens is 1. The van der Waals surface area contributed by atoms with Crippen molar-refractivity contribution < 1.29 is 0 Å². The SMILES string of the molecule is CC(C)CN(C)c1nc(NN)nc2[nH]ncc12. The first-order valence-corrected chi connectivity index (χ1v) is 5.50. The highest BCUT2D eigenvalue weighted by Crippen LogP contribution is 2.23. The third-order valence-electron chi connectivity index (χ3n) is 2.42. The summed E-state index contributed by atoms with van der Waals surface area (Å²) in [6, 6.07) is 0. The Labute approximate surface area is 99.4 Å². The van der Waals surface area contributed by atoms with Gasteiger partial charge in [0, 0.05) is 13.6 Å². The molecule has 4 N–H and O–H groups in total. The largest absolute Gasteiger partial charge is 0.359 e. The predicted octanol–water partition coefficient (Wildman–Crippen LogP) is 0.731. The maximum Gasteiger partial charge on any atom is 0.241 e. The second-order valence-electron chi connectivity index (χ2n) is 4.42. The van der Waals surface area contributed by atoms with Gasteiger partial charge in [0.25, 0.3) is 0 Å². The van der Waals surface area contributed by atoms with Gasteiger partial charge in [0.05, 0.1) is 11.6 Å². The molecule has 2 heterocycles. The van der Waals surface area contributed by atoms with Crippen LogP contribution in [0.4, 0.5) is 11.8 Å². The van der Waals surface area contributed by atoms with Crippen molar-refractivity contribution in [3.05, 3.63) is 6.20 Å². The first-order valence-electron chi connectivity index (χ1n) is 5.50. The number of nitrogens with one attached hydrogen (secondary N) is 2. The summed E-state index contributed by atoms with van der Waals surface area (Å²) in [7, 11) is 2.00. The smallest absolute Gasteiger partial charge is 0.241 e. The number of nitrogens with zero attached hydrogens (tertiary/aromatic N) is 4. The summed E-state index contributed by atoms with van der Waals surface area (Å²) in [5.41, 5.74) is 3.14. The molecule has 2 aromatic rings. The van der Waals surface area contributed by atoms with E-state index < -0.39 is 0 Å². The lowest BCUT2D eigenvalue weighted by Gasteiger charge is -2.21. The van der Waals surface area contributed by atoms with Crippen LogP contribution in [0.25, 0.3) is 11.0 Å². The highest BCUT2D eigenvalue weighted by Gasteiger charge is 2.13. The number of fused-ring (bicyclic) bond motifs is 1. The molecule has 17 heavy (non-hydrogen) atoms. The topological polar surface area (TPSA) is 95.8 Å². The van der Waals surface area contributed by atoms with Gasteiger partial charge in [0.15, 0.2) is 5.65 Å². The molecule has 0 radical (unpaired) electrons. The van der Waals surface area contributed by atoms with E-state index in [0.717, 1.165) is 17.7 Å². The van der Waals surface area contributed by atoms with Crippen molar-refractivity contribution in [2.75, 3.05) is 23.9 Å². The van der Waals surface area contributed by atoms with Gasteiger partial charge in [-0.3, -0.25) is 10.5 Å². The van der Waals surface area contributed by atoms with Gasteiger partial charge < -0.3 is 4.90 Å². The number of aromatic amines is 1. The maximum absolute atomic E-state index is 5.35. The Morgan fingerprint density at radius 3 is 2.88 bits per heavy atom. The number of rotatable bonds is 4. The van der Waals surface area contributed by atoms with Crippen molar-refractivity contribution in [2.45, 2.75) is 13.8 Å². The van der Waals surface area contributed by atoms with Crippen LogP contribution in [0, 0.1) is 5.92 Å². The molecule has 2 rings (SSSR count). The van der Waals surface area contributed by atoms with Crippen molar-refractivity contribution in [3.8, 4) is 0 Å². The van der Waals surface area contributed by atoms with E-state index in [1.54, 1.807) is 6.20 Å². The number of nitrogens with two attached hydrogens (primary N) is 1. The highest BCUT2D eigenvalue weighted by molar-refractivity contribution is 5.87. The molecule has 92 valence electrons. The third kappa shape index (κ3) is 2.28. The molecular formula is C10H17N7. The van der Waals surface area contributed by atoms with Gasteiger partial charge in [0.1, 0.15) is 5.82 Å². The molecule has 0 aliphatic heterocycles. The fourth-order valence-electron chi connectivity index (χ4n) is 1.81. The maximum atomic E-state index is 5.35. The van der Waals surface area contributed by atoms with E-state index in [1.165, 1.54) is 0 Å². The Morgan fingerprint density at radius 1 is 1.47 bits per heavy atom. The molecule has 0 atom stereocenters. The average Bonchev–Trinajstić information content (AvgIpc) is 2.74. The van der Waals surface area contributed by atoms with Crippen LogP contribution in [-0.4, -0.2) is 33.8 Å². The van der Waals surface area contributed by atoms with Crippen molar-refractivity contribution in [2.24, 2.45) is 11.8 Å². The third-order valence-corrected chi connectivity index (χ3v) is 2.42. The molecule has 0 unspecified atom stereocenters.